The number of nitrogens with two attached hydrogens (primary N) is 1. The summed E-state index contributed by atoms with van der Waals surface area (Å²) in [5, 5.41) is 3.14. The molecule has 0 atom stereocenters. The molecule has 2 heterocycles. The van der Waals surface area contributed by atoms with Crippen LogP contribution in [0.4, 0.5) is 5.82 Å². The first-order valence-corrected chi connectivity index (χ1v) is 5.24. The molecule has 0 aliphatic rings. The van der Waals surface area contributed by atoms with Crippen molar-refractivity contribution < 1.29 is 0 Å². The zero-order valence-corrected chi connectivity index (χ0v) is 8.71. The molecule has 4 heteroatoms. The van der Waals surface area contributed by atoms with Crippen LogP contribution in [0.3, 0.4) is 0 Å². The van der Waals surface area contributed by atoms with Crippen molar-refractivity contribution in [2.75, 3.05) is 5.73 Å². The van der Waals surface area contributed by atoms with Gasteiger partial charge in [0.2, 0.25) is 0 Å². The predicted octanol–water partition coefficient (Wildman–Crippen LogP) is 2.02. The molecule has 0 radical (unpaired) electrons. The lowest BCUT2D eigenvalue weighted by molar-refractivity contribution is 1.07. The topological polar surface area (TPSA) is 51.8 Å². The molecule has 3 nitrogen and oxygen atoms in total. The van der Waals surface area contributed by atoms with Crippen molar-refractivity contribution in [1.82, 2.24) is 9.97 Å². The minimum absolute atomic E-state index is 0.596. The van der Waals surface area contributed by atoms with E-state index in [-0.39, 0.29) is 0 Å². The van der Waals surface area contributed by atoms with Gasteiger partial charge in [0, 0.05) is 23.6 Å². The van der Waals surface area contributed by atoms with Gasteiger partial charge in [-0.2, -0.15) is 0 Å². The van der Waals surface area contributed by atoms with Crippen LogP contribution in [0.1, 0.15) is 16.3 Å². The van der Waals surface area contributed by atoms with E-state index in [4.69, 9.17) is 5.73 Å². The van der Waals surface area contributed by atoms with Crippen molar-refractivity contribution in [2.24, 2.45) is 0 Å². The van der Waals surface area contributed by atoms with Crippen LogP contribution in [0.15, 0.2) is 23.7 Å². The maximum Gasteiger partial charge on any atom is 0.126 e. The minimum atomic E-state index is 0.596. The maximum absolute atomic E-state index is 5.74. The molecule has 0 saturated heterocycles. The van der Waals surface area contributed by atoms with Gasteiger partial charge in [-0.3, -0.25) is 0 Å². The SMILES string of the molecule is Cc1nc(Cc2cccnc2N)cs1. The van der Waals surface area contributed by atoms with Crippen molar-refractivity contribution in [1.29, 1.82) is 0 Å². The van der Waals surface area contributed by atoms with E-state index in [1.807, 2.05) is 19.1 Å². The van der Waals surface area contributed by atoms with Gasteiger partial charge in [0.25, 0.3) is 0 Å². The summed E-state index contributed by atoms with van der Waals surface area (Å²) in [6, 6.07) is 3.88. The largest absolute Gasteiger partial charge is 0.383 e. The van der Waals surface area contributed by atoms with Crippen molar-refractivity contribution in [3.63, 3.8) is 0 Å². The second-order valence-corrected chi connectivity index (χ2v) is 4.14. The van der Waals surface area contributed by atoms with E-state index in [1.54, 1.807) is 17.5 Å². The molecule has 2 rings (SSSR count). The lowest BCUT2D eigenvalue weighted by Gasteiger charge is -2.00. The average Bonchev–Trinajstić information content (AvgIpc) is 2.56. The van der Waals surface area contributed by atoms with Crippen LogP contribution in [0.25, 0.3) is 0 Å². The Bertz CT molecular complexity index is 436. The number of rotatable bonds is 2. The molecule has 0 amide bonds. The van der Waals surface area contributed by atoms with Crippen LogP contribution in [-0.2, 0) is 6.42 Å². The summed E-state index contributed by atoms with van der Waals surface area (Å²) < 4.78 is 0. The highest BCUT2D eigenvalue weighted by atomic mass is 32.1. The number of nitrogen functional groups attached to an aromatic ring is 1. The minimum Gasteiger partial charge on any atom is -0.383 e. The van der Waals surface area contributed by atoms with E-state index in [0.717, 1.165) is 22.7 Å². The summed E-state index contributed by atoms with van der Waals surface area (Å²) >= 11 is 1.66. The Morgan fingerprint density at radius 1 is 1.50 bits per heavy atom. The van der Waals surface area contributed by atoms with Crippen molar-refractivity contribution in [3.8, 4) is 0 Å². The molecule has 0 aliphatic heterocycles. The van der Waals surface area contributed by atoms with E-state index < -0.39 is 0 Å². The number of aromatic nitrogens is 2. The Morgan fingerprint density at radius 3 is 3.00 bits per heavy atom. The highest BCUT2D eigenvalue weighted by molar-refractivity contribution is 7.09. The fourth-order valence-corrected chi connectivity index (χ4v) is 1.90. The molecule has 0 unspecified atom stereocenters. The number of hydrogen-bond acceptors (Lipinski definition) is 4. The van der Waals surface area contributed by atoms with Crippen LogP contribution in [0.2, 0.25) is 0 Å². The van der Waals surface area contributed by atoms with Gasteiger partial charge in [-0.25, -0.2) is 9.97 Å². The third kappa shape index (κ3) is 1.90. The van der Waals surface area contributed by atoms with Gasteiger partial charge in [-0.15, -0.1) is 11.3 Å². The molecule has 0 aliphatic carbocycles. The third-order valence-corrected chi connectivity index (χ3v) is 2.79. The van der Waals surface area contributed by atoms with Crippen molar-refractivity contribution >= 4 is 17.2 Å². The van der Waals surface area contributed by atoms with E-state index >= 15 is 0 Å². The van der Waals surface area contributed by atoms with Gasteiger partial charge in [-0.1, -0.05) is 6.07 Å². The Kier molecular flexibility index (Phi) is 2.45. The van der Waals surface area contributed by atoms with Gasteiger partial charge in [0.05, 0.1) is 10.7 Å². The third-order valence-electron chi connectivity index (χ3n) is 1.96. The predicted molar refractivity (Wildman–Crippen MR) is 58.3 cm³/mol. The molecule has 0 bridgehead atoms. The van der Waals surface area contributed by atoms with Crippen molar-refractivity contribution in [2.45, 2.75) is 13.3 Å². The molecule has 72 valence electrons. The molecule has 0 fully saturated rings. The fourth-order valence-electron chi connectivity index (χ4n) is 1.28. The Balaban J connectivity index is 2.23. The molecule has 2 aromatic heterocycles. The summed E-state index contributed by atoms with van der Waals surface area (Å²) in [7, 11) is 0. The molecule has 14 heavy (non-hydrogen) atoms. The van der Waals surface area contributed by atoms with Crippen LogP contribution in [0.5, 0.6) is 0 Å². The number of nitrogens with zero attached hydrogens (tertiary/aromatic N) is 2. The molecule has 0 aromatic carbocycles. The second kappa shape index (κ2) is 3.75. The number of pyridine rings is 1. The number of aryl methyl sites for hydroxylation is 1. The normalized spacial score (nSPS) is 10.4. The monoisotopic (exact) mass is 205 g/mol. The number of anilines is 1. The van der Waals surface area contributed by atoms with E-state index in [2.05, 4.69) is 15.3 Å². The van der Waals surface area contributed by atoms with E-state index in [1.165, 1.54) is 0 Å². The Morgan fingerprint density at radius 2 is 2.36 bits per heavy atom. The van der Waals surface area contributed by atoms with Crippen LogP contribution in [0, 0.1) is 6.92 Å². The second-order valence-electron chi connectivity index (χ2n) is 3.08. The number of thiazole rings is 1. The fraction of sp³-hybridized carbons (Fsp3) is 0.200. The lowest BCUT2D eigenvalue weighted by atomic mass is 10.1. The quantitative estimate of drug-likeness (QED) is 0.816. The maximum atomic E-state index is 5.74. The number of hydrogen-bond donors (Lipinski definition) is 1. The van der Waals surface area contributed by atoms with Gasteiger partial charge in [0.15, 0.2) is 0 Å². The van der Waals surface area contributed by atoms with Crippen LogP contribution in [-0.4, -0.2) is 9.97 Å². The lowest BCUT2D eigenvalue weighted by Crippen LogP contribution is -1.98. The molecule has 2 aromatic rings. The summed E-state index contributed by atoms with van der Waals surface area (Å²) in [5.41, 5.74) is 7.84. The average molecular weight is 205 g/mol. The first kappa shape index (κ1) is 9.15. The standard InChI is InChI=1S/C10H11N3S/c1-7-13-9(6-14-7)5-8-3-2-4-12-10(8)11/h2-4,6H,5H2,1H3,(H2,11,12). The Hall–Kier alpha value is -1.42. The molecule has 0 spiro atoms. The van der Waals surface area contributed by atoms with Gasteiger partial charge in [0.1, 0.15) is 5.82 Å². The molecular formula is C10H11N3S. The van der Waals surface area contributed by atoms with Crippen molar-refractivity contribution in [3.05, 3.63) is 40.0 Å². The summed E-state index contributed by atoms with van der Waals surface area (Å²) in [6.45, 7) is 2.00. The van der Waals surface area contributed by atoms with Crippen LogP contribution < -0.4 is 5.73 Å². The summed E-state index contributed by atoms with van der Waals surface area (Å²) in [6.07, 6.45) is 2.47. The summed E-state index contributed by atoms with van der Waals surface area (Å²) in [4.78, 5) is 8.42. The first-order valence-electron chi connectivity index (χ1n) is 4.36. The smallest absolute Gasteiger partial charge is 0.126 e. The highest BCUT2D eigenvalue weighted by Crippen LogP contribution is 2.15. The zero-order chi connectivity index (χ0) is 9.97. The molecular weight excluding hydrogens is 194 g/mol. The first-order chi connectivity index (χ1) is 6.75. The van der Waals surface area contributed by atoms with Crippen LogP contribution >= 0.6 is 11.3 Å². The zero-order valence-electron chi connectivity index (χ0n) is 7.90. The van der Waals surface area contributed by atoms with E-state index in [0.29, 0.717) is 5.82 Å². The Labute approximate surface area is 86.6 Å². The van der Waals surface area contributed by atoms with Gasteiger partial charge in [-0.05, 0) is 13.0 Å². The molecule has 0 saturated carbocycles. The van der Waals surface area contributed by atoms with Gasteiger partial charge >= 0.3 is 0 Å². The summed E-state index contributed by atoms with van der Waals surface area (Å²) in [5.74, 6) is 0.596. The highest BCUT2D eigenvalue weighted by Gasteiger charge is 2.03. The van der Waals surface area contributed by atoms with E-state index in [9.17, 15) is 0 Å². The van der Waals surface area contributed by atoms with Gasteiger partial charge < -0.3 is 5.73 Å². The molecule has 2 N–H and O–H groups in total.